The van der Waals surface area contributed by atoms with Crippen molar-refractivity contribution in [1.82, 2.24) is 13.5 Å². The largest absolute Gasteiger partial charge is 0.497 e. The van der Waals surface area contributed by atoms with E-state index in [1.807, 2.05) is 0 Å². The van der Waals surface area contributed by atoms with E-state index in [1.165, 1.54) is 11.6 Å². The molecule has 0 unspecified atom stereocenters. The standard InChI is InChI=1S/C15H14N4O4S/c1-18-14(21)13-11(8-24-17-13)19(15(18)22)7-12(20)16-9-3-5-10(23-2)6-4-9/h3-6,8H,7H2,1-2H3,(H,16,20). The quantitative estimate of drug-likeness (QED) is 0.754. The van der Waals surface area contributed by atoms with Crippen molar-refractivity contribution in [2.24, 2.45) is 7.05 Å². The number of nitrogens with one attached hydrogen (secondary N) is 1. The molecule has 0 atom stereocenters. The van der Waals surface area contributed by atoms with Crippen LogP contribution in [0.4, 0.5) is 5.69 Å². The number of hydrogen-bond acceptors (Lipinski definition) is 6. The predicted molar refractivity (Wildman–Crippen MR) is 90.7 cm³/mol. The van der Waals surface area contributed by atoms with Crippen LogP contribution in [-0.2, 0) is 18.4 Å². The zero-order valence-electron chi connectivity index (χ0n) is 13.0. The summed E-state index contributed by atoms with van der Waals surface area (Å²) in [6.07, 6.45) is 0. The molecule has 1 N–H and O–H groups in total. The minimum absolute atomic E-state index is 0.180. The molecule has 1 amide bonds. The van der Waals surface area contributed by atoms with E-state index in [2.05, 4.69) is 9.69 Å². The van der Waals surface area contributed by atoms with Gasteiger partial charge in [-0.25, -0.2) is 4.79 Å². The number of carbonyl (C=O) groups excluding carboxylic acids is 1. The summed E-state index contributed by atoms with van der Waals surface area (Å²) in [5, 5.41) is 4.28. The lowest BCUT2D eigenvalue weighted by Crippen LogP contribution is -2.40. The summed E-state index contributed by atoms with van der Waals surface area (Å²) in [6.45, 7) is -0.214. The summed E-state index contributed by atoms with van der Waals surface area (Å²) in [5.41, 5.74) is 0.0938. The molecule has 9 heteroatoms. The van der Waals surface area contributed by atoms with Gasteiger partial charge in [-0.1, -0.05) is 0 Å². The van der Waals surface area contributed by atoms with E-state index >= 15 is 0 Å². The van der Waals surface area contributed by atoms with Gasteiger partial charge in [-0.3, -0.25) is 18.7 Å². The Kier molecular flexibility index (Phi) is 4.17. The first-order valence-electron chi connectivity index (χ1n) is 6.99. The van der Waals surface area contributed by atoms with Gasteiger partial charge in [0.2, 0.25) is 5.91 Å². The first kappa shape index (κ1) is 15.9. The number of rotatable bonds is 4. The highest BCUT2D eigenvalue weighted by molar-refractivity contribution is 7.04. The van der Waals surface area contributed by atoms with E-state index in [1.54, 1.807) is 36.8 Å². The number of nitrogens with zero attached hydrogens (tertiary/aromatic N) is 3. The molecule has 1 aromatic carbocycles. The van der Waals surface area contributed by atoms with Gasteiger partial charge >= 0.3 is 5.69 Å². The summed E-state index contributed by atoms with van der Waals surface area (Å²) in [4.78, 5) is 36.5. The molecule has 0 radical (unpaired) electrons. The van der Waals surface area contributed by atoms with Gasteiger partial charge in [-0.05, 0) is 35.8 Å². The van der Waals surface area contributed by atoms with Gasteiger partial charge < -0.3 is 10.1 Å². The summed E-state index contributed by atoms with van der Waals surface area (Å²) >= 11 is 1.07. The van der Waals surface area contributed by atoms with Crippen LogP contribution in [0.3, 0.4) is 0 Å². The van der Waals surface area contributed by atoms with E-state index in [0.29, 0.717) is 17.0 Å². The third-order valence-electron chi connectivity index (χ3n) is 3.54. The van der Waals surface area contributed by atoms with Crippen LogP contribution in [0.5, 0.6) is 5.75 Å². The van der Waals surface area contributed by atoms with Crippen molar-refractivity contribution in [3.05, 3.63) is 50.5 Å². The summed E-state index contributed by atoms with van der Waals surface area (Å²) < 4.78 is 11.2. The van der Waals surface area contributed by atoms with Crippen LogP contribution in [0.2, 0.25) is 0 Å². The van der Waals surface area contributed by atoms with Crippen LogP contribution in [-0.4, -0.2) is 26.5 Å². The second-order valence-corrected chi connectivity index (χ2v) is 5.69. The van der Waals surface area contributed by atoms with Crippen molar-refractivity contribution in [3.8, 4) is 5.75 Å². The lowest BCUT2D eigenvalue weighted by molar-refractivity contribution is -0.116. The van der Waals surface area contributed by atoms with Gasteiger partial charge in [0, 0.05) is 18.1 Å². The maximum Gasteiger partial charge on any atom is 0.331 e. The summed E-state index contributed by atoms with van der Waals surface area (Å²) in [5.74, 6) is 0.293. The smallest absolute Gasteiger partial charge is 0.331 e. The van der Waals surface area contributed by atoms with Gasteiger partial charge in [0.15, 0.2) is 5.52 Å². The Labute approximate surface area is 140 Å². The third kappa shape index (κ3) is 2.81. The zero-order valence-corrected chi connectivity index (χ0v) is 13.8. The Bertz CT molecular complexity index is 1020. The van der Waals surface area contributed by atoms with E-state index < -0.39 is 11.2 Å². The number of hydrogen-bond donors (Lipinski definition) is 1. The number of ether oxygens (including phenoxy) is 1. The van der Waals surface area contributed by atoms with Crippen molar-refractivity contribution in [2.45, 2.75) is 6.54 Å². The fourth-order valence-corrected chi connectivity index (χ4v) is 2.94. The minimum Gasteiger partial charge on any atom is -0.497 e. The maximum atomic E-state index is 12.3. The van der Waals surface area contributed by atoms with E-state index in [4.69, 9.17) is 4.74 Å². The van der Waals surface area contributed by atoms with Crippen molar-refractivity contribution in [3.63, 3.8) is 0 Å². The van der Waals surface area contributed by atoms with Gasteiger partial charge in [0.25, 0.3) is 5.56 Å². The van der Waals surface area contributed by atoms with Crippen molar-refractivity contribution < 1.29 is 9.53 Å². The second kappa shape index (κ2) is 6.28. The Morgan fingerprint density at radius 3 is 2.67 bits per heavy atom. The van der Waals surface area contributed by atoms with E-state index in [0.717, 1.165) is 16.1 Å². The number of aromatic nitrogens is 3. The first-order valence-corrected chi connectivity index (χ1v) is 7.82. The van der Waals surface area contributed by atoms with Crippen LogP contribution in [0, 0.1) is 0 Å². The molecule has 0 aliphatic heterocycles. The second-order valence-electron chi connectivity index (χ2n) is 5.06. The lowest BCUT2D eigenvalue weighted by Gasteiger charge is -2.10. The number of amides is 1. The number of carbonyl (C=O) groups is 1. The first-order chi connectivity index (χ1) is 11.5. The molecule has 8 nitrogen and oxygen atoms in total. The Hall–Kier alpha value is -2.94. The normalized spacial score (nSPS) is 10.8. The molecule has 2 heterocycles. The molecule has 0 aliphatic rings. The van der Waals surface area contributed by atoms with Crippen LogP contribution in [0.25, 0.3) is 11.0 Å². The lowest BCUT2D eigenvalue weighted by atomic mass is 10.3. The molecule has 124 valence electrons. The molecule has 24 heavy (non-hydrogen) atoms. The minimum atomic E-state index is -0.558. The molecule has 2 aromatic heterocycles. The highest BCUT2D eigenvalue weighted by atomic mass is 32.1. The average molecular weight is 346 g/mol. The molecule has 0 bridgehead atoms. The molecule has 0 saturated heterocycles. The van der Waals surface area contributed by atoms with Gasteiger partial charge in [-0.15, -0.1) is 0 Å². The van der Waals surface area contributed by atoms with Crippen LogP contribution in [0.15, 0.2) is 39.2 Å². The fraction of sp³-hybridized carbons (Fsp3) is 0.200. The Morgan fingerprint density at radius 1 is 1.29 bits per heavy atom. The summed E-state index contributed by atoms with van der Waals surface area (Å²) in [7, 11) is 2.92. The van der Waals surface area contributed by atoms with E-state index in [-0.39, 0.29) is 18.0 Å². The molecule has 3 rings (SSSR count). The zero-order chi connectivity index (χ0) is 17.3. The third-order valence-corrected chi connectivity index (χ3v) is 4.16. The summed E-state index contributed by atoms with van der Waals surface area (Å²) in [6, 6.07) is 6.83. The highest BCUT2D eigenvalue weighted by Gasteiger charge is 2.15. The molecule has 0 fully saturated rings. The highest BCUT2D eigenvalue weighted by Crippen LogP contribution is 2.15. The average Bonchev–Trinajstić information content (AvgIpc) is 3.07. The topological polar surface area (TPSA) is 95.2 Å². The Morgan fingerprint density at radius 2 is 2.00 bits per heavy atom. The van der Waals surface area contributed by atoms with Crippen LogP contribution >= 0.6 is 11.5 Å². The SMILES string of the molecule is COc1ccc(NC(=O)Cn2c(=O)n(C)c(=O)c3nscc32)cc1. The van der Waals surface area contributed by atoms with Gasteiger partial charge in [0.05, 0.1) is 12.6 Å². The van der Waals surface area contributed by atoms with Crippen LogP contribution < -0.4 is 21.3 Å². The molecule has 3 aromatic rings. The van der Waals surface area contributed by atoms with Gasteiger partial charge in [0.1, 0.15) is 12.3 Å². The molecule has 0 saturated carbocycles. The molecular weight excluding hydrogens is 332 g/mol. The maximum absolute atomic E-state index is 12.3. The fourth-order valence-electron chi connectivity index (χ4n) is 2.27. The van der Waals surface area contributed by atoms with Crippen molar-refractivity contribution >= 4 is 34.2 Å². The number of methoxy groups -OCH3 is 1. The van der Waals surface area contributed by atoms with Crippen molar-refractivity contribution in [2.75, 3.05) is 12.4 Å². The monoisotopic (exact) mass is 346 g/mol. The van der Waals surface area contributed by atoms with E-state index in [9.17, 15) is 14.4 Å². The Balaban J connectivity index is 1.89. The number of anilines is 1. The predicted octanol–water partition coefficient (Wildman–Crippen LogP) is 0.804. The molecule has 0 aliphatic carbocycles. The number of fused-ring (bicyclic) bond motifs is 1. The molecular formula is C15H14N4O4S. The molecule has 0 spiro atoms. The van der Waals surface area contributed by atoms with Crippen molar-refractivity contribution in [1.29, 1.82) is 0 Å². The van der Waals surface area contributed by atoms with Gasteiger partial charge in [-0.2, -0.15) is 4.37 Å². The number of benzene rings is 1. The van der Waals surface area contributed by atoms with Crippen LogP contribution in [0.1, 0.15) is 0 Å².